The van der Waals surface area contributed by atoms with Crippen LogP contribution in [0.3, 0.4) is 0 Å². The number of nitrogens with one attached hydrogen (secondary N) is 1. The highest BCUT2D eigenvalue weighted by Crippen LogP contribution is 2.32. The summed E-state index contributed by atoms with van der Waals surface area (Å²) in [7, 11) is 5.04. The molecule has 2 amide bonds. The Labute approximate surface area is 219 Å². The summed E-state index contributed by atoms with van der Waals surface area (Å²) in [6, 6.07) is 12.4. The quantitative estimate of drug-likeness (QED) is 0.630. The van der Waals surface area contributed by atoms with Crippen molar-refractivity contribution in [3.05, 3.63) is 53.6 Å². The smallest absolute Gasteiger partial charge is 0.259 e. The third-order valence-electron chi connectivity index (χ3n) is 7.37. The predicted octanol–water partition coefficient (Wildman–Crippen LogP) is 4.16. The number of likely N-dealkylation sites (N-methyl/N-ethyl adjacent to an activating group) is 1. The number of rotatable bonds is 6. The van der Waals surface area contributed by atoms with Crippen molar-refractivity contribution in [1.82, 2.24) is 9.80 Å². The van der Waals surface area contributed by atoms with E-state index in [1.807, 2.05) is 6.07 Å². The van der Waals surface area contributed by atoms with Gasteiger partial charge in [-0.15, -0.1) is 0 Å². The van der Waals surface area contributed by atoms with Crippen molar-refractivity contribution in [2.24, 2.45) is 11.8 Å². The highest BCUT2D eigenvalue weighted by atomic mass is 16.5. The van der Waals surface area contributed by atoms with E-state index in [1.165, 1.54) is 20.0 Å². The molecule has 2 aromatic rings. The molecule has 2 aromatic carbocycles. The lowest BCUT2D eigenvalue weighted by Crippen LogP contribution is -2.47. The summed E-state index contributed by atoms with van der Waals surface area (Å²) in [5.74, 6) is 1.51. The minimum absolute atomic E-state index is 0.0777. The molecule has 200 valence electrons. The topological polar surface area (TPSA) is 80.3 Å². The fraction of sp³-hybridized carbons (Fsp3) is 0.517. The highest BCUT2D eigenvalue weighted by molar-refractivity contribution is 6.06. The van der Waals surface area contributed by atoms with Crippen LogP contribution in [0.15, 0.2) is 42.5 Å². The molecule has 1 saturated carbocycles. The van der Waals surface area contributed by atoms with Gasteiger partial charge in [-0.05, 0) is 55.9 Å². The van der Waals surface area contributed by atoms with Crippen LogP contribution in [0.4, 0.5) is 5.69 Å². The molecular weight excluding hydrogens is 470 g/mol. The number of carbonyl (C=O) groups is 2. The van der Waals surface area contributed by atoms with Crippen LogP contribution in [-0.4, -0.2) is 81.3 Å². The van der Waals surface area contributed by atoms with E-state index < -0.39 is 0 Å². The molecule has 8 nitrogen and oxygen atoms in total. The van der Waals surface area contributed by atoms with Gasteiger partial charge in [0.05, 0.1) is 24.3 Å². The van der Waals surface area contributed by atoms with E-state index in [-0.39, 0.29) is 29.9 Å². The Morgan fingerprint density at radius 2 is 1.86 bits per heavy atom. The molecule has 0 saturated heterocycles. The first-order valence-electron chi connectivity index (χ1n) is 13.0. The first kappa shape index (κ1) is 26.9. The summed E-state index contributed by atoms with van der Waals surface area (Å²) in [4.78, 5) is 30.6. The zero-order valence-electron chi connectivity index (χ0n) is 22.5. The first-order chi connectivity index (χ1) is 17.8. The number of fused-ring (bicyclic) bond motifs is 1. The Kier molecular flexibility index (Phi) is 8.71. The molecule has 1 N–H and O–H groups in total. The molecule has 1 aliphatic heterocycles. The van der Waals surface area contributed by atoms with Gasteiger partial charge in [0.15, 0.2) is 0 Å². The van der Waals surface area contributed by atoms with Crippen LogP contribution in [0.25, 0.3) is 0 Å². The second-order valence-electron chi connectivity index (χ2n) is 10.4. The van der Waals surface area contributed by atoms with Gasteiger partial charge >= 0.3 is 0 Å². The van der Waals surface area contributed by atoms with Gasteiger partial charge in [-0.2, -0.15) is 0 Å². The van der Waals surface area contributed by atoms with Crippen LogP contribution < -0.4 is 14.8 Å². The lowest BCUT2D eigenvalue weighted by Gasteiger charge is -2.36. The monoisotopic (exact) mass is 509 g/mol. The Bertz CT molecular complexity index is 1100. The molecule has 1 aliphatic carbocycles. The number of anilines is 1. The molecule has 3 atom stereocenters. The van der Waals surface area contributed by atoms with Crippen molar-refractivity contribution in [1.29, 1.82) is 0 Å². The summed E-state index contributed by atoms with van der Waals surface area (Å²) in [5.41, 5.74) is 1.43. The minimum atomic E-state index is -0.296. The second kappa shape index (κ2) is 12.0. The SMILES string of the molecule is COc1ccccc1C(=O)Nc1ccc2c(c1)OC[C@@H](C)N(CC1CC1)C[C@@H](C)[C@@H](OC)CN(C)C2=O. The molecule has 0 aromatic heterocycles. The van der Waals surface area contributed by atoms with Crippen molar-refractivity contribution in [2.45, 2.75) is 38.8 Å². The number of benzene rings is 2. The Hall–Kier alpha value is -3.10. The fourth-order valence-corrected chi connectivity index (χ4v) is 4.84. The zero-order chi connectivity index (χ0) is 26.5. The van der Waals surface area contributed by atoms with E-state index in [0.717, 1.165) is 19.0 Å². The average molecular weight is 510 g/mol. The number of hydrogen-bond donors (Lipinski definition) is 1. The number of amides is 2. The second-order valence-corrected chi connectivity index (χ2v) is 10.4. The number of para-hydroxylation sites is 1. The maximum Gasteiger partial charge on any atom is 0.259 e. The first-order valence-corrected chi connectivity index (χ1v) is 13.0. The Morgan fingerprint density at radius 3 is 2.57 bits per heavy atom. The lowest BCUT2D eigenvalue weighted by atomic mass is 10.0. The van der Waals surface area contributed by atoms with Crippen LogP contribution in [0.5, 0.6) is 11.5 Å². The van der Waals surface area contributed by atoms with Crippen LogP contribution in [0, 0.1) is 11.8 Å². The van der Waals surface area contributed by atoms with Gasteiger partial charge in [0.1, 0.15) is 18.1 Å². The molecule has 1 fully saturated rings. The fourth-order valence-electron chi connectivity index (χ4n) is 4.84. The number of ether oxygens (including phenoxy) is 3. The van der Waals surface area contributed by atoms with Crippen molar-refractivity contribution in [2.75, 3.05) is 52.8 Å². The normalized spacial score (nSPS) is 23.3. The molecule has 1 heterocycles. The van der Waals surface area contributed by atoms with Crippen LogP contribution in [-0.2, 0) is 4.74 Å². The molecule has 37 heavy (non-hydrogen) atoms. The van der Waals surface area contributed by atoms with Gasteiger partial charge in [0.25, 0.3) is 11.8 Å². The average Bonchev–Trinajstić information content (AvgIpc) is 3.73. The van der Waals surface area contributed by atoms with Crippen LogP contribution in [0.2, 0.25) is 0 Å². The Morgan fingerprint density at radius 1 is 1.11 bits per heavy atom. The lowest BCUT2D eigenvalue weighted by molar-refractivity contribution is 0.00994. The highest BCUT2D eigenvalue weighted by Gasteiger charge is 2.31. The van der Waals surface area contributed by atoms with E-state index >= 15 is 0 Å². The largest absolute Gasteiger partial charge is 0.496 e. The molecule has 0 radical (unpaired) electrons. The molecular formula is C29H39N3O5. The third kappa shape index (κ3) is 6.62. The minimum Gasteiger partial charge on any atom is -0.496 e. The summed E-state index contributed by atoms with van der Waals surface area (Å²) in [6.07, 6.45) is 2.48. The van der Waals surface area contributed by atoms with Crippen molar-refractivity contribution < 1.29 is 23.8 Å². The van der Waals surface area contributed by atoms with Gasteiger partial charge in [-0.25, -0.2) is 0 Å². The molecule has 0 unspecified atom stereocenters. The summed E-state index contributed by atoms with van der Waals surface area (Å²) >= 11 is 0. The number of carbonyl (C=O) groups excluding carboxylic acids is 2. The van der Waals surface area contributed by atoms with Gasteiger partial charge in [-0.1, -0.05) is 19.1 Å². The number of hydrogen-bond acceptors (Lipinski definition) is 6. The molecule has 2 aliphatic rings. The van der Waals surface area contributed by atoms with E-state index in [2.05, 4.69) is 24.1 Å². The van der Waals surface area contributed by atoms with E-state index in [1.54, 1.807) is 55.5 Å². The van der Waals surface area contributed by atoms with Crippen molar-refractivity contribution in [3.63, 3.8) is 0 Å². The van der Waals surface area contributed by atoms with E-state index in [4.69, 9.17) is 14.2 Å². The maximum absolute atomic E-state index is 13.4. The standard InChI is InChI=1S/C29H39N3O5/c1-19-15-32(16-21-10-11-21)20(2)18-37-26-14-22(30-28(33)23-8-6-7-9-25(23)35-4)12-13-24(26)29(34)31(3)17-27(19)36-5/h6-9,12-14,19-21,27H,10-11,15-18H2,1-5H3,(H,30,33)/t19-,20-,27+/m1/s1. The van der Waals surface area contributed by atoms with Gasteiger partial charge < -0.3 is 24.4 Å². The number of nitrogens with zero attached hydrogens (tertiary/aromatic N) is 2. The van der Waals surface area contributed by atoms with Gasteiger partial charge in [0, 0.05) is 51.6 Å². The zero-order valence-corrected chi connectivity index (χ0v) is 22.5. The third-order valence-corrected chi connectivity index (χ3v) is 7.37. The molecule has 0 spiro atoms. The maximum atomic E-state index is 13.4. The van der Waals surface area contributed by atoms with Crippen LogP contribution >= 0.6 is 0 Å². The summed E-state index contributed by atoms with van der Waals surface area (Å²) in [6.45, 7) is 7.20. The molecule has 0 bridgehead atoms. The van der Waals surface area contributed by atoms with Gasteiger partial charge in [-0.3, -0.25) is 14.5 Å². The molecule has 8 heteroatoms. The van der Waals surface area contributed by atoms with Crippen molar-refractivity contribution in [3.8, 4) is 11.5 Å². The van der Waals surface area contributed by atoms with Gasteiger partial charge in [0.2, 0.25) is 0 Å². The number of methoxy groups -OCH3 is 2. The Balaban J connectivity index is 1.61. The van der Waals surface area contributed by atoms with E-state index in [9.17, 15) is 9.59 Å². The van der Waals surface area contributed by atoms with E-state index in [0.29, 0.717) is 41.5 Å². The predicted molar refractivity (Wildman–Crippen MR) is 144 cm³/mol. The summed E-state index contributed by atoms with van der Waals surface area (Å²) in [5, 5.41) is 2.92. The molecule has 4 rings (SSSR count). The van der Waals surface area contributed by atoms with Crippen molar-refractivity contribution >= 4 is 17.5 Å². The van der Waals surface area contributed by atoms with Crippen LogP contribution in [0.1, 0.15) is 47.4 Å². The summed E-state index contributed by atoms with van der Waals surface area (Å²) < 4.78 is 17.4.